The van der Waals surface area contributed by atoms with Crippen molar-refractivity contribution in [2.45, 2.75) is 18.6 Å². The van der Waals surface area contributed by atoms with Gasteiger partial charge in [0.2, 0.25) is 0 Å². The van der Waals surface area contributed by atoms with Crippen LogP contribution in [0.15, 0.2) is 128 Å². The molecule has 1 heterocycles. The number of hydrogen-bond donors (Lipinski definition) is 3. The van der Waals surface area contributed by atoms with Crippen LogP contribution in [0.1, 0.15) is 32.0 Å². The molecule has 1 aromatic heterocycles. The predicted molar refractivity (Wildman–Crippen MR) is 194 cm³/mol. The summed E-state index contributed by atoms with van der Waals surface area (Å²) in [7, 11) is 0. The van der Waals surface area contributed by atoms with E-state index in [-0.39, 0.29) is 33.4 Å². The summed E-state index contributed by atoms with van der Waals surface area (Å²) in [6.07, 6.45) is -4.37. The highest BCUT2D eigenvalue weighted by Gasteiger charge is 2.41. The molecule has 0 aliphatic carbocycles. The summed E-state index contributed by atoms with van der Waals surface area (Å²) < 4.78 is 49.4. The first-order valence-electron chi connectivity index (χ1n) is 15.8. The minimum absolute atomic E-state index is 0.00331. The van der Waals surface area contributed by atoms with Gasteiger partial charge in [-0.3, -0.25) is 9.59 Å². The second-order valence-electron chi connectivity index (χ2n) is 11.6. The SMILES string of the molecule is O=C(NC(Cc1ccc(-c2ccccc2Oc2ccccc2)cc1)C(=O)O)c1cc(Cl)ccc1NC(=O)c1cnn(-c2ccc(Cl)cc2)c1C(F)(F)F. The molecule has 1 atom stereocenters. The van der Waals surface area contributed by atoms with Gasteiger partial charge in [0.1, 0.15) is 17.5 Å². The molecule has 0 spiro atoms. The molecule has 0 fully saturated rings. The number of carboxylic acids is 1. The smallest absolute Gasteiger partial charge is 0.434 e. The highest BCUT2D eigenvalue weighted by Crippen LogP contribution is 2.35. The van der Waals surface area contributed by atoms with Crippen LogP contribution in [-0.2, 0) is 17.4 Å². The van der Waals surface area contributed by atoms with Gasteiger partial charge in [-0.2, -0.15) is 18.3 Å². The van der Waals surface area contributed by atoms with Gasteiger partial charge in [-0.1, -0.05) is 83.9 Å². The molecule has 5 aromatic carbocycles. The lowest BCUT2D eigenvalue weighted by atomic mass is 9.99. The summed E-state index contributed by atoms with van der Waals surface area (Å²) in [5, 5.41) is 18.9. The van der Waals surface area contributed by atoms with Crippen molar-refractivity contribution >= 4 is 46.7 Å². The molecule has 2 amide bonds. The van der Waals surface area contributed by atoms with Gasteiger partial charge in [-0.25, -0.2) is 9.48 Å². The van der Waals surface area contributed by atoms with E-state index >= 15 is 0 Å². The third-order valence-corrected chi connectivity index (χ3v) is 8.48. The van der Waals surface area contributed by atoms with Crippen molar-refractivity contribution in [3.8, 4) is 28.3 Å². The van der Waals surface area contributed by atoms with Gasteiger partial charge in [0.05, 0.1) is 28.7 Å². The van der Waals surface area contributed by atoms with Crippen molar-refractivity contribution in [2.24, 2.45) is 0 Å². The zero-order valence-electron chi connectivity index (χ0n) is 27.3. The van der Waals surface area contributed by atoms with E-state index < -0.39 is 41.3 Å². The third kappa shape index (κ3) is 8.68. The van der Waals surface area contributed by atoms with E-state index in [0.717, 1.165) is 23.4 Å². The molecule has 0 radical (unpaired) electrons. The van der Waals surface area contributed by atoms with Crippen molar-refractivity contribution in [3.63, 3.8) is 0 Å². The van der Waals surface area contributed by atoms with Crippen LogP contribution in [0.4, 0.5) is 18.9 Å². The predicted octanol–water partition coefficient (Wildman–Crippen LogP) is 9.34. The molecule has 3 N–H and O–H groups in total. The second-order valence-corrected chi connectivity index (χ2v) is 12.5. The lowest BCUT2D eigenvalue weighted by molar-refractivity contribution is -0.143. The molecule has 0 saturated carbocycles. The maximum atomic E-state index is 14.3. The normalized spacial score (nSPS) is 11.8. The minimum Gasteiger partial charge on any atom is -0.480 e. The Bertz CT molecular complexity index is 2280. The Morgan fingerprint density at radius 3 is 2.13 bits per heavy atom. The van der Waals surface area contributed by atoms with Gasteiger partial charge < -0.3 is 20.5 Å². The fraction of sp³-hybridized carbons (Fsp3) is 0.0769. The lowest BCUT2D eigenvalue weighted by Gasteiger charge is -2.18. The van der Waals surface area contributed by atoms with E-state index in [4.69, 9.17) is 27.9 Å². The van der Waals surface area contributed by atoms with Crippen molar-refractivity contribution in [3.05, 3.63) is 160 Å². The van der Waals surface area contributed by atoms with Crippen LogP contribution in [0.5, 0.6) is 11.5 Å². The number of nitrogens with one attached hydrogen (secondary N) is 2. The maximum Gasteiger partial charge on any atom is 0.434 e. The van der Waals surface area contributed by atoms with Crippen molar-refractivity contribution in [1.29, 1.82) is 0 Å². The molecule has 0 aliphatic heterocycles. The molecule has 0 aliphatic rings. The number of aliphatic carboxylic acids is 1. The molecule has 0 bridgehead atoms. The Morgan fingerprint density at radius 2 is 1.45 bits per heavy atom. The first-order valence-corrected chi connectivity index (χ1v) is 16.6. The van der Waals surface area contributed by atoms with Gasteiger partial charge >= 0.3 is 12.1 Å². The minimum atomic E-state index is -5.00. The first kappa shape index (κ1) is 36.7. The number of aromatic nitrogens is 2. The number of carboxylic acid groups (broad SMARTS) is 1. The van der Waals surface area contributed by atoms with Crippen LogP contribution in [0.2, 0.25) is 10.0 Å². The van der Waals surface area contributed by atoms with E-state index in [1.165, 1.54) is 36.4 Å². The number of ether oxygens (including phenoxy) is 1. The number of carbonyl (C=O) groups is 3. The van der Waals surface area contributed by atoms with Gasteiger partial charge in [-0.05, 0) is 71.8 Å². The topological polar surface area (TPSA) is 123 Å². The van der Waals surface area contributed by atoms with E-state index in [2.05, 4.69) is 15.7 Å². The van der Waals surface area contributed by atoms with Crippen LogP contribution in [-0.4, -0.2) is 38.7 Å². The largest absolute Gasteiger partial charge is 0.480 e. The Morgan fingerprint density at radius 1 is 0.792 bits per heavy atom. The fourth-order valence-corrected chi connectivity index (χ4v) is 5.77. The van der Waals surface area contributed by atoms with Crippen LogP contribution >= 0.6 is 23.2 Å². The number of amides is 2. The molecule has 0 saturated heterocycles. The quantitative estimate of drug-likeness (QED) is 0.121. The van der Waals surface area contributed by atoms with Crippen LogP contribution in [0, 0.1) is 0 Å². The summed E-state index contributed by atoms with van der Waals surface area (Å²) in [6.45, 7) is 0. The second kappa shape index (κ2) is 15.6. The molecule has 268 valence electrons. The van der Waals surface area contributed by atoms with E-state index in [9.17, 15) is 32.7 Å². The Hall–Kier alpha value is -6.11. The Labute approximate surface area is 310 Å². The van der Waals surface area contributed by atoms with E-state index in [0.29, 0.717) is 21.7 Å². The van der Waals surface area contributed by atoms with Crippen molar-refractivity contribution in [1.82, 2.24) is 15.1 Å². The number of nitrogens with zero attached hydrogens (tertiary/aromatic N) is 2. The monoisotopic (exact) mass is 758 g/mol. The number of anilines is 1. The molecular formula is C39H27Cl2F3N4O5. The molecular weight excluding hydrogens is 732 g/mol. The van der Waals surface area contributed by atoms with Crippen molar-refractivity contribution < 1.29 is 37.4 Å². The number of alkyl halides is 3. The standard InChI is InChI=1S/C39H27Cl2F3N4O5/c40-25-14-17-27(18-15-25)48-35(39(42,43)44)31(22-45-48)37(50)46-32-19-16-26(41)21-30(32)36(49)47-33(38(51)52)20-23-10-12-24(13-11-23)29-8-4-5-9-34(29)53-28-6-2-1-3-7-28/h1-19,21-22,33H,20H2,(H,46,50)(H,47,49)(H,51,52). The summed E-state index contributed by atoms with van der Waals surface area (Å²) in [4.78, 5) is 39.1. The zero-order valence-corrected chi connectivity index (χ0v) is 28.8. The number of hydrogen-bond acceptors (Lipinski definition) is 5. The summed E-state index contributed by atoms with van der Waals surface area (Å²) >= 11 is 12.0. The number of rotatable bonds is 11. The third-order valence-electron chi connectivity index (χ3n) is 7.99. The summed E-state index contributed by atoms with van der Waals surface area (Å²) in [6, 6.07) is 31.4. The van der Waals surface area contributed by atoms with Gasteiger partial charge in [0, 0.05) is 22.0 Å². The van der Waals surface area contributed by atoms with E-state index in [1.54, 1.807) is 24.3 Å². The molecule has 1 unspecified atom stereocenters. The maximum absolute atomic E-state index is 14.3. The van der Waals surface area contributed by atoms with Crippen LogP contribution in [0.3, 0.4) is 0 Å². The molecule has 14 heteroatoms. The lowest BCUT2D eigenvalue weighted by Crippen LogP contribution is -2.42. The number of para-hydroxylation sites is 2. The summed E-state index contributed by atoms with van der Waals surface area (Å²) in [5.74, 6) is -2.22. The van der Waals surface area contributed by atoms with Gasteiger partial charge in [0.15, 0.2) is 5.69 Å². The fourth-order valence-electron chi connectivity index (χ4n) is 5.47. The first-order chi connectivity index (χ1) is 25.4. The zero-order chi connectivity index (χ0) is 37.7. The average molecular weight is 760 g/mol. The Kier molecular flexibility index (Phi) is 10.8. The molecule has 9 nitrogen and oxygen atoms in total. The summed E-state index contributed by atoms with van der Waals surface area (Å²) in [5.41, 5.74) is -0.473. The highest BCUT2D eigenvalue weighted by molar-refractivity contribution is 6.31. The van der Waals surface area contributed by atoms with Crippen molar-refractivity contribution in [2.75, 3.05) is 5.32 Å². The highest BCUT2D eigenvalue weighted by atomic mass is 35.5. The molecule has 6 aromatic rings. The van der Waals surface area contributed by atoms with E-state index in [1.807, 2.05) is 54.6 Å². The number of halogens is 5. The van der Waals surface area contributed by atoms with Gasteiger partial charge in [-0.15, -0.1) is 0 Å². The van der Waals surface area contributed by atoms with Gasteiger partial charge in [0.25, 0.3) is 11.8 Å². The number of carbonyl (C=O) groups excluding carboxylic acids is 2. The van der Waals surface area contributed by atoms with Crippen LogP contribution in [0.25, 0.3) is 16.8 Å². The molecule has 53 heavy (non-hydrogen) atoms. The number of benzene rings is 5. The van der Waals surface area contributed by atoms with Crippen LogP contribution < -0.4 is 15.4 Å². The molecule has 6 rings (SSSR count). The Balaban J connectivity index is 1.20. The average Bonchev–Trinajstić information content (AvgIpc) is 3.60.